The van der Waals surface area contributed by atoms with Crippen LogP contribution in [0.25, 0.3) is 10.1 Å². The maximum atomic E-state index is 13.1. The third-order valence-corrected chi connectivity index (χ3v) is 4.17. The topological polar surface area (TPSA) is 33.1 Å². The monoisotopic (exact) mass is 273 g/mol. The summed E-state index contributed by atoms with van der Waals surface area (Å²) in [4.78, 5) is 4.98. The SMILES string of the molecule is Cc1ccc(C(O)c2cc3ccc(F)cc3s2)cn1. The zero-order valence-corrected chi connectivity index (χ0v) is 11.1. The van der Waals surface area contributed by atoms with Crippen LogP contribution in [0.2, 0.25) is 0 Å². The second kappa shape index (κ2) is 4.72. The van der Waals surface area contributed by atoms with Crippen molar-refractivity contribution in [1.29, 1.82) is 0 Å². The van der Waals surface area contributed by atoms with E-state index in [1.54, 1.807) is 12.3 Å². The minimum absolute atomic E-state index is 0.257. The van der Waals surface area contributed by atoms with E-state index in [1.807, 2.05) is 25.1 Å². The van der Waals surface area contributed by atoms with Gasteiger partial charge in [0.2, 0.25) is 0 Å². The fourth-order valence-electron chi connectivity index (χ4n) is 1.97. The number of hydrogen-bond acceptors (Lipinski definition) is 3. The molecule has 3 rings (SSSR count). The van der Waals surface area contributed by atoms with Gasteiger partial charge in [-0.1, -0.05) is 12.1 Å². The van der Waals surface area contributed by atoms with Crippen molar-refractivity contribution in [3.63, 3.8) is 0 Å². The van der Waals surface area contributed by atoms with Crippen LogP contribution in [0.15, 0.2) is 42.6 Å². The van der Waals surface area contributed by atoms with Gasteiger partial charge in [0.05, 0.1) is 0 Å². The van der Waals surface area contributed by atoms with Crippen molar-refractivity contribution < 1.29 is 9.50 Å². The Balaban J connectivity index is 2.01. The number of halogens is 1. The molecule has 1 N–H and O–H groups in total. The molecule has 4 heteroatoms. The molecule has 0 amide bonds. The normalized spacial score (nSPS) is 12.8. The Morgan fingerprint density at radius 1 is 1.21 bits per heavy atom. The lowest BCUT2D eigenvalue weighted by Gasteiger charge is -2.08. The van der Waals surface area contributed by atoms with E-state index in [0.717, 1.165) is 26.2 Å². The van der Waals surface area contributed by atoms with Crippen LogP contribution < -0.4 is 0 Å². The molecule has 0 aliphatic rings. The minimum atomic E-state index is -0.714. The molecular weight excluding hydrogens is 261 g/mol. The van der Waals surface area contributed by atoms with Crippen LogP contribution >= 0.6 is 11.3 Å². The van der Waals surface area contributed by atoms with Gasteiger partial charge >= 0.3 is 0 Å². The molecule has 0 saturated carbocycles. The zero-order chi connectivity index (χ0) is 13.4. The predicted molar refractivity (Wildman–Crippen MR) is 74.8 cm³/mol. The quantitative estimate of drug-likeness (QED) is 0.770. The molecule has 0 radical (unpaired) electrons. The second-order valence-corrected chi connectivity index (χ2v) is 5.58. The Labute approximate surface area is 114 Å². The molecule has 0 spiro atoms. The number of hydrogen-bond donors (Lipinski definition) is 1. The van der Waals surface area contributed by atoms with Crippen molar-refractivity contribution in [2.75, 3.05) is 0 Å². The number of rotatable bonds is 2. The summed E-state index contributed by atoms with van der Waals surface area (Å²) >= 11 is 1.40. The number of thiophene rings is 1. The number of aromatic nitrogens is 1. The summed E-state index contributed by atoms with van der Waals surface area (Å²) in [5.74, 6) is -0.257. The molecule has 0 saturated heterocycles. The molecule has 0 aliphatic heterocycles. The standard InChI is InChI=1S/C15H12FNOS/c1-9-2-3-11(8-17-9)15(18)14-6-10-4-5-12(16)7-13(10)19-14/h2-8,15,18H,1H3. The number of aliphatic hydroxyl groups is 1. The summed E-state index contributed by atoms with van der Waals surface area (Å²) in [6.07, 6.45) is 0.957. The highest BCUT2D eigenvalue weighted by Gasteiger charge is 2.14. The number of aryl methyl sites for hydroxylation is 1. The molecule has 1 unspecified atom stereocenters. The third kappa shape index (κ3) is 2.37. The average Bonchev–Trinajstić information content (AvgIpc) is 2.81. The Kier molecular flexibility index (Phi) is 3.05. The smallest absolute Gasteiger partial charge is 0.124 e. The molecule has 96 valence electrons. The number of nitrogens with zero attached hydrogens (tertiary/aromatic N) is 1. The van der Waals surface area contributed by atoms with Crippen LogP contribution in [-0.4, -0.2) is 10.1 Å². The Morgan fingerprint density at radius 2 is 2.05 bits per heavy atom. The summed E-state index contributed by atoms with van der Waals surface area (Å²) in [7, 11) is 0. The molecule has 1 atom stereocenters. The Bertz CT molecular complexity index is 721. The number of pyridine rings is 1. The lowest BCUT2D eigenvalue weighted by Crippen LogP contribution is -1.97. The van der Waals surface area contributed by atoms with Gasteiger partial charge in [0.1, 0.15) is 11.9 Å². The van der Waals surface area contributed by atoms with E-state index in [-0.39, 0.29) is 5.82 Å². The fraction of sp³-hybridized carbons (Fsp3) is 0.133. The number of benzene rings is 1. The number of fused-ring (bicyclic) bond motifs is 1. The first-order valence-electron chi connectivity index (χ1n) is 5.93. The highest BCUT2D eigenvalue weighted by atomic mass is 32.1. The van der Waals surface area contributed by atoms with Crippen LogP contribution in [0.5, 0.6) is 0 Å². The van der Waals surface area contributed by atoms with E-state index < -0.39 is 6.10 Å². The van der Waals surface area contributed by atoms with Crippen LogP contribution in [0.3, 0.4) is 0 Å². The molecule has 0 aliphatic carbocycles. The van der Waals surface area contributed by atoms with E-state index in [0.29, 0.717) is 0 Å². The zero-order valence-electron chi connectivity index (χ0n) is 10.3. The van der Waals surface area contributed by atoms with Gasteiger partial charge in [0, 0.05) is 27.0 Å². The summed E-state index contributed by atoms with van der Waals surface area (Å²) in [6.45, 7) is 1.90. The number of aliphatic hydroxyl groups excluding tert-OH is 1. The molecule has 1 aromatic carbocycles. The van der Waals surface area contributed by atoms with Gasteiger partial charge in [0.15, 0.2) is 0 Å². The van der Waals surface area contributed by atoms with Crippen molar-refractivity contribution in [2.24, 2.45) is 0 Å². The van der Waals surface area contributed by atoms with E-state index in [9.17, 15) is 9.50 Å². The maximum Gasteiger partial charge on any atom is 0.124 e. The molecule has 2 aromatic heterocycles. The lowest BCUT2D eigenvalue weighted by atomic mass is 10.1. The van der Waals surface area contributed by atoms with Crippen molar-refractivity contribution in [1.82, 2.24) is 4.98 Å². The van der Waals surface area contributed by atoms with E-state index in [2.05, 4.69) is 4.98 Å². The van der Waals surface area contributed by atoms with E-state index in [1.165, 1.54) is 23.5 Å². The first-order valence-corrected chi connectivity index (χ1v) is 6.75. The fourth-order valence-corrected chi connectivity index (χ4v) is 3.07. The molecule has 2 heterocycles. The first-order chi connectivity index (χ1) is 9.13. The van der Waals surface area contributed by atoms with Crippen molar-refractivity contribution in [2.45, 2.75) is 13.0 Å². The van der Waals surface area contributed by atoms with Gasteiger partial charge < -0.3 is 5.11 Å². The molecule has 19 heavy (non-hydrogen) atoms. The van der Waals surface area contributed by atoms with E-state index >= 15 is 0 Å². The Hall–Kier alpha value is -1.78. The van der Waals surface area contributed by atoms with Crippen LogP contribution in [0.1, 0.15) is 22.2 Å². The van der Waals surface area contributed by atoms with Crippen molar-refractivity contribution in [3.05, 3.63) is 64.5 Å². The summed E-state index contributed by atoms with van der Waals surface area (Å²) in [6, 6.07) is 10.3. The molecular formula is C15H12FNOS. The predicted octanol–water partition coefficient (Wildman–Crippen LogP) is 3.83. The van der Waals surface area contributed by atoms with Crippen LogP contribution in [-0.2, 0) is 0 Å². The molecule has 2 nitrogen and oxygen atoms in total. The maximum absolute atomic E-state index is 13.1. The van der Waals surface area contributed by atoms with Gasteiger partial charge in [0.25, 0.3) is 0 Å². The third-order valence-electron chi connectivity index (χ3n) is 3.02. The van der Waals surface area contributed by atoms with Crippen molar-refractivity contribution in [3.8, 4) is 0 Å². The van der Waals surface area contributed by atoms with Gasteiger partial charge in [-0.15, -0.1) is 11.3 Å². The van der Waals surface area contributed by atoms with Crippen molar-refractivity contribution >= 4 is 21.4 Å². The largest absolute Gasteiger partial charge is 0.383 e. The molecule has 3 aromatic rings. The van der Waals surface area contributed by atoms with Crippen LogP contribution in [0.4, 0.5) is 4.39 Å². The van der Waals surface area contributed by atoms with Crippen LogP contribution in [0, 0.1) is 12.7 Å². The summed E-state index contributed by atoms with van der Waals surface area (Å²) < 4.78 is 14.0. The second-order valence-electron chi connectivity index (χ2n) is 4.47. The minimum Gasteiger partial charge on any atom is -0.383 e. The van der Waals surface area contributed by atoms with Gasteiger partial charge in [-0.3, -0.25) is 4.98 Å². The highest BCUT2D eigenvalue weighted by Crippen LogP contribution is 2.33. The molecule has 0 bridgehead atoms. The van der Waals surface area contributed by atoms with Gasteiger partial charge in [-0.05, 0) is 36.6 Å². The average molecular weight is 273 g/mol. The summed E-state index contributed by atoms with van der Waals surface area (Å²) in [5.41, 5.74) is 1.66. The summed E-state index contributed by atoms with van der Waals surface area (Å²) in [5, 5.41) is 11.3. The lowest BCUT2D eigenvalue weighted by molar-refractivity contribution is 0.224. The van der Waals surface area contributed by atoms with Gasteiger partial charge in [-0.2, -0.15) is 0 Å². The first kappa shape index (κ1) is 12.3. The molecule has 0 fully saturated rings. The van der Waals surface area contributed by atoms with E-state index in [4.69, 9.17) is 0 Å². The Morgan fingerprint density at radius 3 is 2.79 bits per heavy atom. The highest BCUT2D eigenvalue weighted by molar-refractivity contribution is 7.19. The van der Waals surface area contributed by atoms with Gasteiger partial charge in [-0.25, -0.2) is 4.39 Å².